The lowest BCUT2D eigenvalue weighted by atomic mass is 9.70. The van der Waals surface area contributed by atoms with Crippen LogP contribution in [0.3, 0.4) is 0 Å². The van der Waals surface area contributed by atoms with E-state index in [0.717, 1.165) is 12.8 Å². The van der Waals surface area contributed by atoms with Crippen LogP contribution < -0.4 is 0 Å². The summed E-state index contributed by atoms with van der Waals surface area (Å²) in [5.41, 5.74) is 0.406. The van der Waals surface area contributed by atoms with Gasteiger partial charge >= 0.3 is 6.18 Å². The molecule has 17 heavy (non-hydrogen) atoms. The van der Waals surface area contributed by atoms with E-state index in [2.05, 4.69) is 9.68 Å². The van der Waals surface area contributed by atoms with Gasteiger partial charge in [-0.25, -0.2) is 0 Å². The molecule has 0 amide bonds. The first-order valence-electron chi connectivity index (χ1n) is 5.77. The predicted molar refractivity (Wildman–Crippen MR) is 54.6 cm³/mol. The first-order chi connectivity index (χ1) is 7.69. The van der Waals surface area contributed by atoms with Crippen molar-refractivity contribution in [2.24, 2.45) is 5.41 Å². The molecule has 1 aromatic rings. The minimum Gasteiger partial charge on any atom is -0.351 e. The molecule has 0 aliphatic heterocycles. The number of rotatable bonds is 0. The third kappa shape index (κ3) is 1.06. The molecule has 2 nitrogen and oxygen atoms in total. The number of hydrogen-bond acceptors (Lipinski definition) is 2. The maximum Gasteiger partial charge on any atom is 0.452 e. The molecule has 0 radical (unpaired) electrons. The van der Waals surface area contributed by atoms with Crippen LogP contribution in [-0.2, 0) is 11.6 Å². The average molecular weight is 245 g/mol. The first kappa shape index (κ1) is 11.1. The lowest BCUT2D eigenvalue weighted by Crippen LogP contribution is -2.31. The van der Waals surface area contributed by atoms with Gasteiger partial charge in [-0.05, 0) is 24.2 Å². The number of fused-ring (bicyclic) bond motifs is 5. The lowest BCUT2D eigenvalue weighted by Gasteiger charge is -2.33. The highest BCUT2D eigenvalue weighted by molar-refractivity contribution is 5.47. The van der Waals surface area contributed by atoms with Crippen LogP contribution in [0, 0.1) is 5.41 Å². The molecule has 3 rings (SSSR count). The van der Waals surface area contributed by atoms with Crippen LogP contribution in [0.5, 0.6) is 0 Å². The van der Waals surface area contributed by atoms with Crippen molar-refractivity contribution in [1.82, 2.24) is 5.16 Å². The van der Waals surface area contributed by atoms with Gasteiger partial charge in [0.05, 0.1) is 5.69 Å². The highest BCUT2D eigenvalue weighted by atomic mass is 19.4. The van der Waals surface area contributed by atoms with Crippen LogP contribution in [0.25, 0.3) is 0 Å². The average Bonchev–Trinajstić information content (AvgIpc) is 2.73. The van der Waals surface area contributed by atoms with Crippen molar-refractivity contribution in [3.05, 3.63) is 17.0 Å². The monoisotopic (exact) mass is 245 g/mol. The normalized spacial score (nSPS) is 34.1. The summed E-state index contributed by atoms with van der Waals surface area (Å²) in [7, 11) is 0. The van der Waals surface area contributed by atoms with Gasteiger partial charge in [0.1, 0.15) is 0 Å². The molecule has 0 N–H and O–H groups in total. The smallest absolute Gasteiger partial charge is 0.351 e. The SMILES string of the molecule is CC1(C)[C@@H]2CC[C@]1(C)c1noc(C(F)(F)F)c12. The van der Waals surface area contributed by atoms with E-state index in [-0.39, 0.29) is 16.7 Å². The van der Waals surface area contributed by atoms with E-state index >= 15 is 0 Å². The van der Waals surface area contributed by atoms with E-state index in [1.165, 1.54) is 0 Å². The Morgan fingerprint density at radius 1 is 1.29 bits per heavy atom. The van der Waals surface area contributed by atoms with Gasteiger partial charge in [-0.1, -0.05) is 25.9 Å². The number of nitrogens with zero attached hydrogens (tertiary/aromatic N) is 1. The third-order valence-electron chi connectivity index (χ3n) is 5.08. The molecular weight excluding hydrogens is 231 g/mol. The largest absolute Gasteiger partial charge is 0.452 e. The van der Waals surface area contributed by atoms with Gasteiger partial charge in [0.15, 0.2) is 0 Å². The molecule has 2 aliphatic rings. The molecule has 1 fully saturated rings. The summed E-state index contributed by atoms with van der Waals surface area (Å²) in [6.45, 7) is 6.07. The summed E-state index contributed by atoms with van der Waals surface area (Å²) in [4.78, 5) is 0. The Balaban J connectivity index is 2.24. The molecule has 2 bridgehead atoms. The summed E-state index contributed by atoms with van der Waals surface area (Å²) < 4.78 is 43.1. The molecule has 1 heterocycles. The molecule has 0 saturated heterocycles. The molecule has 94 valence electrons. The van der Waals surface area contributed by atoms with E-state index < -0.39 is 11.9 Å². The summed E-state index contributed by atoms with van der Waals surface area (Å²) in [5, 5.41) is 3.72. The van der Waals surface area contributed by atoms with Gasteiger partial charge in [0.25, 0.3) is 0 Å². The zero-order valence-corrected chi connectivity index (χ0v) is 9.98. The molecule has 1 aromatic heterocycles. The second-order valence-corrected chi connectivity index (χ2v) is 5.92. The second-order valence-electron chi connectivity index (χ2n) is 5.92. The van der Waals surface area contributed by atoms with Gasteiger partial charge in [-0.15, -0.1) is 0 Å². The number of alkyl halides is 3. The Bertz CT molecular complexity index is 488. The van der Waals surface area contributed by atoms with Crippen molar-refractivity contribution in [2.75, 3.05) is 0 Å². The molecule has 0 aromatic carbocycles. The van der Waals surface area contributed by atoms with Crippen molar-refractivity contribution in [3.8, 4) is 0 Å². The highest BCUT2D eigenvalue weighted by Crippen LogP contribution is 2.68. The maximum absolute atomic E-state index is 12.8. The van der Waals surface area contributed by atoms with Crippen LogP contribution >= 0.6 is 0 Å². The molecule has 5 heteroatoms. The Morgan fingerprint density at radius 3 is 2.53 bits per heavy atom. The highest BCUT2D eigenvalue weighted by Gasteiger charge is 2.64. The van der Waals surface area contributed by atoms with Crippen LogP contribution in [0.1, 0.15) is 56.5 Å². The van der Waals surface area contributed by atoms with E-state index in [1.807, 2.05) is 20.8 Å². The van der Waals surface area contributed by atoms with Crippen molar-refractivity contribution in [1.29, 1.82) is 0 Å². The van der Waals surface area contributed by atoms with Crippen molar-refractivity contribution in [2.45, 2.75) is 51.1 Å². The Morgan fingerprint density at radius 2 is 1.94 bits per heavy atom. The first-order valence-corrected chi connectivity index (χ1v) is 5.77. The fourth-order valence-corrected chi connectivity index (χ4v) is 3.65. The molecule has 2 atom stereocenters. The fourth-order valence-electron chi connectivity index (χ4n) is 3.65. The van der Waals surface area contributed by atoms with Gasteiger partial charge in [-0.2, -0.15) is 13.2 Å². The summed E-state index contributed by atoms with van der Waals surface area (Å²) in [6.07, 6.45) is -2.75. The summed E-state index contributed by atoms with van der Waals surface area (Å²) in [6, 6.07) is 0. The number of halogens is 3. The van der Waals surface area contributed by atoms with E-state index in [9.17, 15) is 13.2 Å². The van der Waals surface area contributed by atoms with Crippen LogP contribution in [-0.4, -0.2) is 5.16 Å². The quantitative estimate of drug-likeness (QED) is 0.693. The minimum atomic E-state index is -4.43. The third-order valence-corrected chi connectivity index (χ3v) is 5.08. The second kappa shape index (κ2) is 2.70. The number of aromatic nitrogens is 1. The molecule has 0 spiro atoms. The predicted octanol–water partition coefficient (Wildman–Crippen LogP) is 3.87. The molecule has 0 unspecified atom stereocenters. The van der Waals surface area contributed by atoms with E-state index in [4.69, 9.17) is 0 Å². The number of hydrogen-bond donors (Lipinski definition) is 0. The molecule has 2 aliphatic carbocycles. The van der Waals surface area contributed by atoms with Crippen molar-refractivity contribution < 1.29 is 17.7 Å². The zero-order valence-electron chi connectivity index (χ0n) is 9.98. The van der Waals surface area contributed by atoms with Crippen LogP contribution in [0.4, 0.5) is 13.2 Å². The molecular formula is C12H14F3NO. The van der Waals surface area contributed by atoms with Crippen molar-refractivity contribution in [3.63, 3.8) is 0 Å². The Hall–Kier alpha value is -1.00. The van der Waals surface area contributed by atoms with Gasteiger partial charge in [0.2, 0.25) is 5.76 Å². The maximum atomic E-state index is 12.8. The van der Waals surface area contributed by atoms with Gasteiger partial charge in [0, 0.05) is 11.0 Å². The van der Waals surface area contributed by atoms with Gasteiger partial charge < -0.3 is 4.52 Å². The zero-order chi connectivity index (χ0) is 12.6. The topological polar surface area (TPSA) is 26.0 Å². The van der Waals surface area contributed by atoms with Crippen LogP contribution in [0.2, 0.25) is 0 Å². The van der Waals surface area contributed by atoms with Crippen molar-refractivity contribution >= 4 is 0 Å². The van der Waals surface area contributed by atoms with E-state index in [0.29, 0.717) is 11.3 Å². The lowest BCUT2D eigenvalue weighted by molar-refractivity contribution is -0.156. The van der Waals surface area contributed by atoms with E-state index in [1.54, 1.807) is 0 Å². The Kier molecular flexibility index (Phi) is 1.76. The Labute approximate surface area is 97.2 Å². The van der Waals surface area contributed by atoms with Gasteiger partial charge in [-0.3, -0.25) is 0 Å². The molecule has 1 saturated carbocycles. The van der Waals surface area contributed by atoms with Crippen LogP contribution in [0.15, 0.2) is 4.52 Å². The fraction of sp³-hybridized carbons (Fsp3) is 0.750. The summed E-state index contributed by atoms with van der Waals surface area (Å²) in [5.74, 6) is -0.959. The standard InChI is InChI=1S/C12H14F3NO/c1-10(2)6-4-5-11(10,3)8-7(6)9(17-16-8)12(13,14)15/h6H,4-5H2,1-3H3/t6-,11-/m1/s1. The minimum absolute atomic E-state index is 0.0784. The summed E-state index contributed by atoms with van der Waals surface area (Å²) >= 11 is 0.